The lowest BCUT2D eigenvalue weighted by Gasteiger charge is -1.98. The third kappa shape index (κ3) is 2.78. The van der Waals surface area contributed by atoms with Gasteiger partial charge in [0, 0.05) is 18.1 Å². The molecule has 3 heteroatoms. The van der Waals surface area contributed by atoms with Crippen LogP contribution in [0.4, 0.5) is 11.4 Å². The molecular weight excluding hydrogens is 162 g/mol. The summed E-state index contributed by atoms with van der Waals surface area (Å²) >= 11 is 0. The van der Waals surface area contributed by atoms with Crippen LogP contribution in [0.15, 0.2) is 28.4 Å². The molecule has 0 bridgehead atoms. The highest BCUT2D eigenvalue weighted by Gasteiger charge is 1.96. The van der Waals surface area contributed by atoms with Crippen LogP contribution in [0.3, 0.4) is 0 Å². The Kier molecular flexibility index (Phi) is 3.31. The average Bonchev–Trinajstić information content (AvgIpc) is 2.08. The highest BCUT2D eigenvalue weighted by atomic mass is 14.8. The van der Waals surface area contributed by atoms with Crippen LogP contribution in [0.25, 0.3) is 0 Å². The van der Waals surface area contributed by atoms with E-state index in [0.717, 1.165) is 17.1 Å². The standard InChI is InChI=1S/C10H13N3/c1-4-12-10-7-11-6-5-9(10)13-8(2)3/h4-7H,1-3H3. The number of pyridine rings is 1. The zero-order valence-corrected chi connectivity index (χ0v) is 8.15. The van der Waals surface area contributed by atoms with Crippen LogP contribution in [0.2, 0.25) is 0 Å². The van der Waals surface area contributed by atoms with Gasteiger partial charge in [0.05, 0.1) is 11.9 Å². The van der Waals surface area contributed by atoms with Crippen molar-refractivity contribution in [2.45, 2.75) is 20.8 Å². The molecule has 0 unspecified atom stereocenters. The first kappa shape index (κ1) is 9.58. The second-order valence-corrected chi connectivity index (χ2v) is 2.81. The lowest BCUT2D eigenvalue weighted by atomic mass is 10.3. The van der Waals surface area contributed by atoms with Crippen molar-refractivity contribution in [3.05, 3.63) is 18.5 Å². The van der Waals surface area contributed by atoms with Crippen molar-refractivity contribution < 1.29 is 0 Å². The Labute approximate surface area is 78.3 Å². The first-order valence-corrected chi connectivity index (χ1v) is 4.18. The highest BCUT2D eigenvalue weighted by molar-refractivity contribution is 5.84. The minimum Gasteiger partial charge on any atom is -0.262 e. The van der Waals surface area contributed by atoms with E-state index in [4.69, 9.17) is 0 Å². The smallest absolute Gasteiger partial charge is 0.106 e. The third-order valence-electron chi connectivity index (χ3n) is 1.39. The van der Waals surface area contributed by atoms with Crippen molar-refractivity contribution in [1.29, 1.82) is 0 Å². The molecule has 13 heavy (non-hydrogen) atoms. The molecular formula is C10H13N3. The Balaban J connectivity index is 3.12. The first-order valence-electron chi connectivity index (χ1n) is 4.18. The maximum Gasteiger partial charge on any atom is 0.106 e. The zero-order valence-electron chi connectivity index (χ0n) is 8.15. The van der Waals surface area contributed by atoms with Crippen LogP contribution in [0.5, 0.6) is 0 Å². The molecule has 1 heterocycles. The van der Waals surface area contributed by atoms with Crippen LogP contribution in [-0.4, -0.2) is 16.9 Å². The van der Waals surface area contributed by atoms with E-state index < -0.39 is 0 Å². The lowest BCUT2D eigenvalue weighted by molar-refractivity contribution is 1.29. The molecule has 0 saturated carbocycles. The minimum atomic E-state index is 0.811. The monoisotopic (exact) mass is 175 g/mol. The van der Waals surface area contributed by atoms with Gasteiger partial charge in [-0.2, -0.15) is 0 Å². The first-order chi connectivity index (χ1) is 6.24. The van der Waals surface area contributed by atoms with Crippen LogP contribution in [0, 0.1) is 0 Å². The van der Waals surface area contributed by atoms with Gasteiger partial charge in [0.15, 0.2) is 0 Å². The Morgan fingerprint density at radius 2 is 2.15 bits per heavy atom. The number of aromatic nitrogens is 1. The Morgan fingerprint density at radius 1 is 1.38 bits per heavy atom. The topological polar surface area (TPSA) is 37.6 Å². The zero-order chi connectivity index (χ0) is 9.68. The van der Waals surface area contributed by atoms with Gasteiger partial charge >= 0.3 is 0 Å². The Bertz CT molecular complexity index is 336. The van der Waals surface area contributed by atoms with Gasteiger partial charge in [-0.25, -0.2) is 0 Å². The van der Waals surface area contributed by atoms with Crippen molar-refractivity contribution >= 4 is 23.3 Å². The van der Waals surface area contributed by atoms with E-state index in [0.29, 0.717) is 0 Å². The fourth-order valence-corrected chi connectivity index (χ4v) is 0.953. The quantitative estimate of drug-likeness (QED) is 0.637. The normalized spacial score (nSPS) is 10.4. The molecule has 0 radical (unpaired) electrons. The summed E-state index contributed by atoms with van der Waals surface area (Å²) in [6, 6.07) is 1.86. The molecule has 3 nitrogen and oxygen atoms in total. The fraction of sp³-hybridized carbons (Fsp3) is 0.300. The summed E-state index contributed by atoms with van der Waals surface area (Å²) in [5.41, 5.74) is 2.69. The number of nitrogens with zero attached hydrogens (tertiary/aromatic N) is 3. The molecule has 1 rings (SSSR count). The molecule has 0 aromatic carbocycles. The lowest BCUT2D eigenvalue weighted by Crippen LogP contribution is -1.79. The van der Waals surface area contributed by atoms with E-state index in [-0.39, 0.29) is 0 Å². The SMILES string of the molecule is CC=Nc1cnccc1N=C(C)C. The van der Waals surface area contributed by atoms with E-state index in [2.05, 4.69) is 15.0 Å². The molecule has 1 aromatic rings. The van der Waals surface area contributed by atoms with E-state index in [1.807, 2.05) is 26.8 Å². The van der Waals surface area contributed by atoms with Gasteiger partial charge in [0.2, 0.25) is 0 Å². The number of rotatable bonds is 2. The largest absolute Gasteiger partial charge is 0.262 e. The van der Waals surface area contributed by atoms with Crippen molar-refractivity contribution in [3.8, 4) is 0 Å². The number of aliphatic imine (C=N–C) groups is 2. The minimum absolute atomic E-state index is 0.811. The van der Waals surface area contributed by atoms with Gasteiger partial charge < -0.3 is 0 Å². The van der Waals surface area contributed by atoms with E-state index in [1.165, 1.54) is 0 Å². The third-order valence-corrected chi connectivity index (χ3v) is 1.39. The van der Waals surface area contributed by atoms with Gasteiger partial charge in [0.25, 0.3) is 0 Å². The molecule has 1 aromatic heterocycles. The summed E-state index contributed by atoms with van der Waals surface area (Å²) in [6.07, 6.45) is 5.17. The van der Waals surface area contributed by atoms with Crippen LogP contribution in [-0.2, 0) is 0 Å². The molecule has 0 aliphatic rings. The maximum atomic E-state index is 4.34. The molecule has 0 amide bonds. The summed E-state index contributed by atoms with van der Waals surface area (Å²) in [7, 11) is 0. The van der Waals surface area contributed by atoms with Crippen molar-refractivity contribution in [3.63, 3.8) is 0 Å². The van der Waals surface area contributed by atoms with Crippen molar-refractivity contribution in [2.24, 2.45) is 9.98 Å². The second-order valence-electron chi connectivity index (χ2n) is 2.81. The van der Waals surface area contributed by atoms with Gasteiger partial charge in [-0.1, -0.05) is 0 Å². The molecule has 0 spiro atoms. The molecule has 0 atom stereocenters. The van der Waals surface area contributed by atoms with Gasteiger partial charge in [-0.15, -0.1) is 0 Å². The van der Waals surface area contributed by atoms with Crippen molar-refractivity contribution in [1.82, 2.24) is 4.98 Å². The highest BCUT2D eigenvalue weighted by Crippen LogP contribution is 2.25. The van der Waals surface area contributed by atoms with E-state index in [9.17, 15) is 0 Å². The number of hydrogen-bond acceptors (Lipinski definition) is 3. The Morgan fingerprint density at radius 3 is 2.77 bits per heavy atom. The summed E-state index contributed by atoms with van der Waals surface area (Å²) in [5, 5.41) is 0. The fourth-order valence-electron chi connectivity index (χ4n) is 0.953. The van der Waals surface area contributed by atoms with Crippen molar-refractivity contribution in [2.75, 3.05) is 0 Å². The summed E-state index contributed by atoms with van der Waals surface area (Å²) in [4.78, 5) is 12.5. The van der Waals surface area contributed by atoms with Gasteiger partial charge in [-0.05, 0) is 26.8 Å². The van der Waals surface area contributed by atoms with Gasteiger partial charge in [-0.3, -0.25) is 15.0 Å². The van der Waals surface area contributed by atoms with Crippen LogP contribution >= 0.6 is 0 Å². The predicted octanol–water partition coefficient (Wildman–Crippen LogP) is 2.92. The summed E-state index contributed by atoms with van der Waals surface area (Å²) < 4.78 is 0. The molecule has 0 aliphatic heterocycles. The van der Waals surface area contributed by atoms with E-state index in [1.54, 1.807) is 18.6 Å². The molecule has 68 valence electrons. The molecule has 0 saturated heterocycles. The van der Waals surface area contributed by atoms with E-state index >= 15 is 0 Å². The molecule has 0 aliphatic carbocycles. The molecule has 0 fully saturated rings. The van der Waals surface area contributed by atoms with Crippen LogP contribution < -0.4 is 0 Å². The predicted molar refractivity (Wildman–Crippen MR) is 56.5 cm³/mol. The van der Waals surface area contributed by atoms with Crippen LogP contribution in [0.1, 0.15) is 20.8 Å². The second kappa shape index (κ2) is 4.50. The summed E-state index contributed by atoms with van der Waals surface area (Å²) in [5.74, 6) is 0. The number of hydrogen-bond donors (Lipinski definition) is 0. The Hall–Kier alpha value is -1.51. The molecule has 0 N–H and O–H groups in total. The maximum absolute atomic E-state index is 4.34. The van der Waals surface area contributed by atoms with Gasteiger partial charge in [0.1, 0.15) is 5.69 Å². The average molecular weight is 175 g/mol. The summed E-state index contributed by atoms with van der Waals surface area (Å²) in [6.45, 7) is 5.79.